The fourth-order valence-corrected chi connectivity index (χ4v) is 4.51. The molecular weight excluding hydrogens is 358 g/mol. The molecule has 0 spiro atoms. The van der Waals surface area contributed by atoms with Crippen LogP contribution in [0.5, 0.6) is 0 Å². The standard InChI is InChI=1S/C18H17NO4S2/c1-14-8-6-7-9-15(14)12-17(19(20)21)18(13-24-2)25(22,23)16-10-4-3-5-11-16/h3-13H,1-2H3/b17-12+,18-13+. The normalized spacial score (nSPS) is 12.9. The van der Waals surface area contributed by atoms with Gasteiger partial charge < -0.3 is 0 Å². The van der Waals surface area contributed by atoms with Gasteiger partial charge in [-0.1, -0.05) is 42.5 Å². The number of rotatable bonds is 6. The third-order valence-corrected chi connectivity index (χ3v) is 5.92. The van der Waals surface area contributed by atoms with Gasteiger partial charge in [-0.2, -0.15) is 0 Å². The average molecular weight is 375 g/mol. The van der Waals surface area contributed by atoms with Crippen LogP contribution in [-0.2, 0) is 9.84 Å². The molecule has 0 aliphatic rings. The van der Waals surface area contributed by atoms with E-state index < -0.39 is 20.5 Å². The van der Waals surface area contributed by atoms with Crippen LogP contribution in [0, 0.1) is 17.0 Å². The number of nitro groups is 1. The molecule has 7 heteroatoms. The topological polar surface area (TPSA) is 77.3 Å². The van der Waals surface area contributed by atoms with Crippen molar-refractivity contribution in [1.29, 1.82) is 0 Å². The highest BCUT2D eigenvalue weighted by Gasteiger charge is 2.31. The second-order valence-corrected chi connectivity index (χ2v) is 7.80. The second-order valence-electron chi connectivity index (χ2n) is 5.18. The van der Waals surface area contributed by atoms with Gasteiger partial charge in [0.1, 0.15) is 0 Å². The Hall–Kier alpha value is -2.38. The van der Waals surface area contributed by atoms with Crippen molar-refractivity contribution in [2.24, 2.45) is 0 Å². The van der Waals surface area contributed by atoms with Gasteiger partial charge in [0.05, 0.1) is 9.82 Å². The van der Waals surface area contributed by atoms with Gasteiger partial charge in [-0.3, -0.25) is 10.1 Å². The van der Waals surface area contributed by atoms with Crippen LogP contribution in [0.4, 0.5) is 0 Å². The largest absolute Gasteiger partial charge is 0.289 e. The molecule has 25 heavy (non-hydrogen) atoms. The van der Waals surface area contributed by atoms with Crippen molar-refractivity contribution in [2.45, 2.75) is 11.8 Å². The molecule has 0 aliphatic heterocycles. The van der Waals surface area contributed by atoms with Gasteiger partial charge in [0.15, 0.2) is 4.91 Å². The summed E-state index contributed by atoms with van der Waals surface area (Å²) < 4.78 is 25.8. The van der Waals surface area contributed by atoms with Crippen LogP contribution in [-0.4, -0.2) is 19.6 Å². The van der Waals surface area contributed by atoms with Gasteiger partial charge in [0.2, 0.25) is 9.84 Å². The van der Waals surface area contributed by atoms with Crippen LogP contribution >= 0.6 is 11.8 Å². The number of hydrogen-bond donors (Lipinski definition) is 0. The number of aryl methyl sites for hydroxylation is 1. The summed E-state index contributed by atoms with van der Waals surface area (Å²) in [6.45, 7) is 1.81. The predicted octanol–water partition coefficient (Wildman–Crippen LogP) is 4.29. The van der Waals surface area contributed by atoms with Crippen molar-refractivity contribution < 1.29 is 13.3 Å². The monoisotopic (exact) mass is 375 g/mol. The Morgan fingerprint density at radius 3 is 2.24 bits per heavy atom. The summed E-state index contributed by atoms with van der Waals surface area (Å²) in [5, 5.41) is 12.9. The lowest BCUT2D eigenvalue weighted by atomic mass is 10.1. The molecule has 0 saturated heterocycles. The van der Waals surface area contributed by atoms with Gasteiger partial charge in [0, 0.05) is 6.08 Å². The van der Waals surface area contributed by atoms with E-state index in [4.69, 9.17) is 0 Å². The first-order valence-electron chi connectivity index (χ1n) is 7.33. The van der Waals surface area contributed by atoms with Crippen LogP contribution in [0.1, 0.15) is 11.1 Å². The van der Waals surface area contributed by atoms with Crippen molar-refractivity contribution in [2.75, 3.05) is 6.26 Å². The zero-order valence-electron chi connectivity index (χ0n) is 13.7. The highest BCUT2D eigenvalue weighted by atomic mass is 32.2. The third kappa shape index (κ3) is 4.37. The average Bonchev–Trinajstić information content (AvgIpc) is 2.60. The molecule has 5 nitrogen and oxygen atoms in total. The molecule has 0 amide bonds. The van der Waals surface area contributed by atoms with E-state index in [2.05, 4.69) is 0 Å². The molecule has 130 valence electrons. The number of thioether (sulfide) groups is 1. The Kier molecular flexibility index (Phi) is 6.17. The summed E-state index contributed by atoms with van der Waals surface area (Å²) >= 11 is 1.11. The molecule has 0 heterocycles. The molecule has 0 saturated carbocycles. The maximum absolute atomic E-state index is 12.9. The zero-order chi connectivity index (χ0) is 18.4. The van der Waals surface area contributed by atoms with E-state index in [0.717, 1.165) is 17.3 Å². The Morgan fingerprint density at radius 2 is 1.68 bits per heavy atom. The predicted molar refractivity (Wildman–Crippen MR) is 101 cm³/mol. The molecule has 0 aliphatic carbocycles. The summed E-state index contributed by atoms with van der Waals surface area (Å²) in [5.41, 5.74) is 0.972. The van der Waals surface area contributed by atoms with Gasteiger partial charge in [-0.15, -0.1) is 11.8 Å². The number of hydrogen-bond acceptors (Lipinski definition) is 5. The molecule has 2 aromatic rings. The minimum absolute atomic E-state index is 0.0211. The first kappa shape index (κ1) is 19.0. The smallest absolute Gasteiger partial charge is 0.258 e. The summed E-state index contributed by atoms with van der Waals surface area (Å²) in [4.78, 5) is 10.7. The lowest BCUT2D eigenvalue weighted by Gasteiger charge is -2.08. The summed E-state index contributed by atoms with van der Waals surface area (Å²) in [7, 11) is -4.01. The van der Waals surface area contributed by atoms with E-state index in [0.29, 0.717) is 5.56 Å². The summed E-state index contributed by atoms with van der Waals surface area (Å²) in [6.07, 6.45) is 2.96. The van der Waals surface area contributed by atoms with E-state index in [-0.39, 0.29) is 9.80 Å². The van der Waals surface area contributed by atoms with Gasteiger partial charge in [0.25, 0.3) is 5.70 Å². The minimum Gasteiger partial charge on any atom is -0.258 e. The Bertz CT molecular complexity index is 933. The summed E-state index contributed by atoms with van der Waals surface area (Å²) in [5.74, 6) is 0. The van der Waals surface area contributed by atoms with Crippen LogP contribution in [0.3, 0.4) is 0 Å². The fraction of sp³-hybridized carbons (Fsp3) is 0.111. The third-order valence-electron chi connectivity index (χ3n) is 3.50. The lowest BCUT2D eigenvalue weighted by Crippen LogP contribution is -2.12. The quantitative estimate of drug-likeness (QED) is 0.427. The molecule has 0 radical (unpaired) electrons. The van der Waals surface area contributed by atoms with Crippen LogP contribution in [0.15, 0.2) is 75.5 Å². The molecule has 2 aromatic carbocycles. The molecule has 0 N–H and O–H groups in total. The zero-order valence-corrected chi connectivity index (χ0v) is 15.4. The SMILES string of the molecule is CS/C=C(\C(=C/c1ccccc1C)[N+](=O)[O-])S(=O)(=O)c1ccccc1. The molecule has 2 rings (SSSR count). The molecular formula is C18H17NO4S2. The second kappa shape index (κ2) is 8.13. The fourth-order valence-electron chi connectivity index (χ4n) is 2.20. The Balaban J connectivity index is 2.67. The highest BCUT2D eigenvalue weighted by molar-refractivity contribution is 8.03. The minimum atomic E-state index is -4.01. The maximum Gasteiger partial charge on any atom is 0.289 e. The van der Waals surface area contributed by atoms with Crippen molar-refractivity contribution in [3.8, 4) is 0 Å². The lowest BCUT2D eigenvalue weighted by molar-refractivity contribution is -0.418. The van der Waals surface area contributed by atoms with Crippen molar-refractivity contribution in [1.82, 2.24) is 0 Å². The van der Waals surface area contributed by atoms with Crippen molar-refractivity contribution >= 4 is 27.7 Å². The molecule has 0 atom stereocenters. The first-order valence-corrected chi connectivity index (χ1v) is 10.1. The van der Waals surface area contributed by atoms with Crippen LogP contribution in [0.25, 0.3) is 6.08 Å². The number of sulfone groups is 1. The molecule has 0 aromatic heterocycles. The van der Waals surface area contributed by atoms with E-state index in [1.165, 1.54) is 23.6 Å². The van der Waals surface area contributed by atoms with Gasteiger partial charge >= 0.3 is 0 Å². The first-order chi connectivity index (χ1) is 11.9. The van der Waals surface area contributed by atoms with E-state index in [1.54, 1.807) is 36.6 Å². The highest BCUT2D eigenvalue weighted by Crippen LogP contribution is 2.29. The molecule has 0 bridgehead atoms. The Morgan fingerprint density at radius 1 is 1.08 bits per heavy atom. The van der Waals surface area contributed by atoms with Crippen molar-refractivity contribution in [3.05, 3.63) is 91.8 Å². The van der Waals surface area contributed by atoms with Crippen LogP contribution < -0.4 is 0 Å². The van der Waals surface area contributed by atoms with E-state index in [9.17, 15) is 18.5 Å². The van der Waals surface area contributed by atoms with Gasteiger partial charge in [-0.05, 0) is 41.8 Å². The number of nitrogens with zero attached hydrogens (tertiary/aromatic N) is 1. The molecule has 0 fully saturated rings. The number of benzene rings is 2. The maximum atomic E-state index is 12.9. The summed E-state index contributed by atoms with van der Waals surface area (Å²) in [6, 6.07) is 14.8. The molecule has 0 unspecified atom stereocenters. The van der Waals surface area contributed by atoms with Crippen molar-refractivity contribution in [3.63, 3.8) is 0 Å². The Labute approximate surface area is 151 Å². The van der Waals surface area contributed by atoms with E-state index >= 15 is 0 Å². The van der Waals surface area contributed by atoms with Gasteiger partial charge in [-0.25, -0.2) is 8.42 Å². The van der Waals surface area contributed by atoms with Crippen LogP contribution in [0.2, 0.25) is 0 Å². The van der Waals surface area contributed by atoms with E-state index in [1.807, 2.05) is 19.1 Å².